The molecule has 1 aromatic heterocycles. The lowest BCUT2D eigenvalue weighted by atomic mass is 10.1. The van der Waals surface area contributed by atoms with Crippen LogP contribution in [0.25, 0.3) is 17.0 Å². The van der Waals surface area contributed by atoms with Crippen LogP contribution < -0.4 is 9.47 Å². The Bertz CT molecular complexity index is 997. The summed E-state index contributed by atoms with van der Waals surface area (Å²) in [4.78, 5) is 30.9. The quantitative estimate of drug-likeness (QED) is 0.669. The maximum absolute atomic E-state index is 12.7. The summed E-state index contributed by atoms with van der Waals surface area (Å²) >= 11 is 0. The zero-order valence-corrected chi connectivity index (χ0v) is 18.5. The minimum atomic E-state index is -0.794. The highest BCUT2D eigenvalue weighted by Crippen LogP contribution is 2.30. The molecule has 0 N–H and O–H groups in total. The number of rotatable bonds is 5. The molecule has 1 saturated heterocycles. The van der Waals surface area contributed by atoms with Crippen LogP contribution in [0.3, 0.4) is 0 Å². The molecule has 1 aromatic carbocycles. The predicted octanol–water partition coefficient (Wildman–Crippen LogP) is 3.82. The van der Waals surface area contributed by atoms with Gasteiger partial charge in [-0.1, -0.05) is 12.7 Å². The smallest absolute Gasteiger partial charge is 0.411 e. The average molecular weight is 428 g/mol. The van der Waals surface area contributed by atoms with Crippen LogP contribution in [0.1, 0.15) is 32.8 Å². The van der Waals surface area contributed by atoms with Gasteiger partial charge in [-0.3, -0.25) is 4.90 Å². The number of nitrogens with zero attached hydrogens (tertiary/aromatic N) is 2. The molecule has 1 aliphatic heterocycles. The topological polar surface area (TPSA) is 87.2 Å². The first kappa shape index (κ1) is 22.4. The molecule has 0 saturated carbocycles. The molecule has 31 heavy (non-hydrogen) atoms. The molecule has 2 aromatic rings. The molecule has 2 atom stereocenters. The normalized spacial score (nSPS) is 18.5. The van der Waals surface area contributed by atoms with Crippen molar-refractivity contribution in [2.75, 3.05) is 20.8 Å². The third-order valence-electron chi connectivity index (χ3n) is 4.88. The van der Waals surface area contributed by atoms with Crippen LogP contribution in [-0.4, -0.2) is 60.5 Å². The summed E-state index contributed by atoms with van der Waals surface area (Å²) in [7, 11) is 2.88. The number of hydrogen-bond donors (Lipinski definition) is 0. The maximum atomic E-state index is 12.7. The Morgan fingerprint density at radius 1 is 1.23 bits per heavy atom. The van der Waals surface area contributed by atoms with Crippen molar-refractivity contribution >= 4 is 29.0 Å². The monoisotopic (exact) mass is 428 g/mol. The van der Waals surface area contributed by atoms with Crippen molar-refractivity contribution in [3.05, 3.63) is 36.4 Å². The molecule has 0 spiro atoms. The Kier molecular flexibility index (Phi) is 6.38. The molecule has 0 bridgehead atoms. The Labute approximate surface area is 181 Å². The third-order valence-corrected chi connectivity index (χ3v) is 4.88. The maximum Gasteiger partial charge on any atom is 0.411 e. The minimum absolute atomic E-state index is 0.170. The van der Waals surface area contributed by atoms with Gasteiger partial charge in [-0.2, -0.15) is 0 Å². The van der Waals surface area contributed by atoms with Gasteiger partial charge in [-0.25, -0.2) is 14.6 Å². The summed E-state index contributed by atoms with van der Waals surface area (Å²) in [6.07, 6.45) is 0.866. The molecular weight excluding hydrogens is 400 g/mol. The van der Waals surface area contributed by atoms with Crippen molar-refractivity contribution in [1.29, 1.82) is 0 Å². The lowest BCUT2D eigenvalue weighted by Crippen LogP contribution is -2.44. The molecule has 8 heteroatoms. The number of aromatic nitrogens is 1. The fourth-order valence-electron chi connectivity index (χ4n) is 3.44. The van der Waals surface area contributed by atoms with Gasteiger partial charge in [-0.05, 0) is 39.0 Å². The number of fused-ring (bicyclic) bond motifs is 1. The van der Waals surface area contributed by atoms with Crippen LogP contribution in [0, 0.1) is 0 Å². The Hall–Kier alpha value is -3.29. The van der Waals surface area contributed by atoms with E-state index in [0.29, 0.717) is 22.7 Å². The van der Waals surface area contributed by atoms with Gasteiger partial charge >= 0.3 is 12.1 Å². The second kappa shape index (κ2) is 8.83. The molecule has 8 nitrogen and oxygen atoms in total. The van der Waals surface area contributed by atoms with E-state index in [4.69, 9.17) is 18.9 Å². The second-order valence-corrected chi connectivity index (χ2v) is 8.29. The predicted molar refractivity (Wildman–Crippen MR) is 116 cm³/mol. The van der Waals surface area contributed by atoms with Crippen LogP contribution in [0.15, 0.2) is 30.8 Å². The first-order valence-electron chi connectivity index (χ1n) is 10.0. The van der Waals surface area contributed by atoms with Gasteiger partial charge in [0.05, 0.1) is 26.3 Å². The summed E-state index contributed by atoms with van der Waals surface area (Å²) in [5.74, 6) is 0.535. The number of esters is 1. The largest absolute Gasteiger partial charge is 0.497 e. The number of likely N-dealkylation sites (tertiary alicyclic amines) is 1. The lowest BCUT2D eigenvalue weighted by Gasteiger charge is -2.27. The molecule has 2 heterocycles. The van der Waals surface area contributed by atoms with E-state index in [1.807, 2.05) is 24.3 Å². The molecule has 3 rings (SSSR count). The van der Waals surface area contributed by atoms with E-state index in [9.17, 15) is 9.59 Å². The van der Waals surface area contributed by atoms with E-state index in [0.717, 1.165) is 5.39 Å². The van der Waals surface area contributed by atoms with Gasteiger partial charge in [0, 0.05) is 23.4 Å². The summed E-state index contributed by atoms with van der Waals surface area (Å²) in [6.45, 7) is 9.32. The number of pyridine rings is 1. The van der Waals surface area contributed by atoms with Crippen LogP contribution in [0.4, 0.5) is 4.79 Å². The SMILES string of the molecule is C=Cc1cc2ccc(OC)cc2nc1O[C@@H]1C[C@H](C(=O)OC)N(C(=O)OC(C)(C)C)C1. The molecule has 1 aliphatic rings. The van der Waals surface area contributed by atoms with Crippen LogP contribution in [0.2, 0.25) is 0 Å². The first-order chi connectivity index (χ1) is 14.6. The Morgan fingerprint density at radius 3 is 2.58 bits per heavy atom. The molecule has 0 unspecified atom stereocenters. The van der Waals surface area contributed by atoms with E-state index >= 15 is 0 Å². The number of benzene rings is 1. The van der Waals surface area contributed by atoms with Gasteiger partial charge in [0.2, 0.25) is 5.88 Å². The first-order valence-corrected chi connectivity index (χ1v) is 10.0. The molecule has 1 amide bonds. The van der Waals surface area contributed by atoms with Crippen LogP contribution in [-0.2, 0) is 14.3 Å². The molecular formula is C23H28N2O6. The molecule has 0 aliphatic carbocycles. The van der Waals surface area contributed by atoms with Crippen molar-refractivity contribution in [2.45, 2.75) is 44.9 Å². The third kappa shape index (κ3) is 5.07. The summed E-state index contributed by atoms with van der Waals surface area (Å²) in [5, 5.41) is 0.914. The van der Waals surface area contributed by atoms with E-state index in [-0.39, 0.29) is 13.0 Å². The zero-order chi connectivity index (χ0) is 22.8. The highest BCUT2D eigenvalue weighted by Gasteiger charge is 2.43. The summed E-state index contributed by atoms with van der Waals surface area (Å²) in [6, 6.07) is 6.70. The second-order valence-electron chi connectivity index (χ2n) is 8.29. The van der Waals surface area contributed by atoms with Gasteiger partial charge < -0.3 is 18.9 Å². The van der Waals surface area contributed by atoms with Gasteiger partial charge in [0.15, 0.2) is 0 Å². The molecule has 1 fully saturated rings. The van der Waals surface area contributed by atoms with Crippen molar-refractivity contribution in [2.24, 2.45) is 0 Å². The minimum Gasteiger partial charge on any atom is -0.497 e. The number of methoxy groups -OCH3 is 2. The number of carbonyl (C=O) groups excluding carboxylic acids is 2. The van der Waals surface area contributed by atoms with E-state index < -0.39 is 29.8 Å². The van der Waals surface area contributed by atoms with Crippen molar-refractivity contribution in [3.63, 3.8) is 0 Å². The summed E-state index contributed by atoms with van der Waals surface area (Å²) < 4.78 is 21.7. The highest BCUT2D eigenvalue weighted by atomic mass is 16.6. The van der Waals surface area contributed by atoms with E-state index in [2.05, 4.69) is 11.6 Å². The number of amides is 1. The Morgan fingerprint density at radius 2 is 1.97 bits per heavy atom. The summed E-state index contributed by atoms with van der Waals surface area (Å²) in [5.41, 5.74) is 0.723. The fourth-order valence-corrected chi connectivity index (χ4v) is 3.44. The highest BCUT2D eigenvalue weighted by molar-refractivity contribution is 5.84. The van der Waals surface area contributed by atoms with E-state index in [1.165, 1.54) is 12.0 Å². The van der Waals surface area contributed by atoms with Crippen LogP contribution in [0.5, 0.6) is 11.6 Å². The van der Waals surface area contributed by atoms with Crippen molar-refractivity contribution < 1.29 is 28.5 Å². The van der Waals surface area contributed by atoms with Crippen LogP contribution >= 0.6 is 0 Å². The van der Waals surface area contributed by atoms with Gasteiger partial charge in [0.1, 0.15) is 23.5 Å². The molecule has 166 valence electrons. The van der Waals surface area contributed by atoms with Gasteiger partial charge in [0.25, 0.3) is 0 Å². The molecule has 0 radical (unpaired) electrons. The van der Waals surface area contributed by atoms with Crippen molar-refractivity contribution in [1.82, 2.24) is 9.88 Å². The zero-order valence-electron chi connectivity index (χ0n) is 18.5. The standard InChI is InChI=1S/C23H28N2O6/c1-7-14-10-15-8-9-16(28-5)11-18(15)24-20(14)30-17-12-19(21(26)29-6)25(13-17)22(27)31-23(2,3)4/h7-11,17,19H,1,12-13H2,2-6H3/t17-,19-/m1/s1. The fraction of sp³-hybridized carbons (Fsp3) is 0.435. The van der Waals surface area contributed by atoms with Crippen molar-refractivity contribution in [3.8, 4) is 11.6 Å². The Balaban J connectivity index is 1.87. The number of hydrogen-bond acceptors (Lipinski definition) is 7. The average Bonchev–Trinajstić information content (AvgIpc) is 3.15. The van der Waals surface area contributed by atoms with E-state index in [1.54, 1.807) is 34.0 Å². The lowest BCUT2D eigenvalue weighted by molar-refractivity contribution is -0.145. The van der Waals surface area contributed by atoms with Gasteiger partial charge in [-0.15, -0.1) is 0 Å². The number of ether oxygens (including phenoxy) is 4. The number of carbonyl (C=O) groups is 2.